The lowest BCUT2D eigenvalue weighted by Crippen LogP contribution is -2.08. The fourth-order valence-corrected chi connectivity index (χ4v) is 2.11. The van der Waals surface area contributed by atoms with Crippen LogP contribution in [-0.2, 0) is 10.8 Å². The van der Waals surface area contributed by atoms with Crippen molar-refractivity contribution in [3.05, 3.63) is 22.4 Å². The summed E-state index contributed by atoms with van der Waals surface area (Å²) in [4.78, 5) is 0. The maximum absolute atomic E-state index is 13.1. The number of halogens is 2. The maximum Gasteiger partial charge on any atom is 0.139 e. The van der Waals surface area contributed by atoms with Crippen LogP contribution >= 0.6 is 15.9 Å². The maximum atomic E-state index is 13.1. The van der Waals surface area contributed by atoms with Crippen molar-refractivity contribution in [2.75, 3.05) is 29.6 Å². The second kappa shape index (κ2) is 6.20. The molecule has 0 bridgehead atoms. The van der Waals surface area contributed by atoms with E-state index in [0.29, 0.717) is 28.1 Å². The first-order chi connectivity index (χ1) is 7.50. The molecule has 90 valence electrons. The summed E-state index contributed by atoms with van der Waals surface area (Å²) < 4.78 is 24.3. The molecule has 0 aliphatic rings. The average molecular weight is 309 g/mol. The first-order valence-corrected chi connectivity index (χ1v) is 7.31. The van der Waals surface area contributed by atoms with Gasteiger partial charge in [-0.25, -0.2) is 4.39 Å². The summed E-state index contributed by atoms with van der Waals surface area (Å²) in [6.45, 7) is 0.669. The molecule has 1 rings (SSSR count). The molecule has 6 heteroatoms. The van der Waals surface area contributed by atoms with Crippen molar-refractivity contribution in [2.24, 2.45) is 0 Å². The molecular formula is C10H14BrFN2OS. The highest BCUT2D eigenvalue weighted by Gasteiger charge is 2.05. The van der Waals surface area contributed by atoms with E-state index in [1.807, 2.05) is 0 Å². The number of rotatable bonds is 5. The monoisotopic (exact) mass is 308 g/mol. The minimum atomic E-state index is -0.777. The molecule has 0 aromatic heterocycles. The zero-order chi connectivity index (χ0) is 12.1. The van der Waals surface area contributed by atoms with Crippen molar-refractivity contribution < 1.29 is 8.60 Å². The predicted molar refractivity (Wildman–Crippen MR) is 70.6 cm³/mol. The van der Waals surface area contributed by atoms with Gasteiger partial charge in [-0.15, -0.1) is 0 Å². The molecule has 3 N–H and O–H groups in total. The first-order valence-electron chi connectivity index (χ1n) is 4.79. The van der Waals surface area contributed by atoms with Crippen LogP contribution in [0, 0.1) is 5.82 Å². The van der Waals surface area contributed by atoms with E-state index < -0.39 is 10.8 Å². The van der Waals surface area contributed by atoms with Gasteiger partial charge < -0.3 is 11.1 Å². The minimum Gasteiger partial charge on any atom is -0.397 e. The number of anilines is 2. The largest absolute Gasteiger partial charge is 0.397 e. The summed E-state index contributed by atoms with van der Waals surface area (Å²) in [6.07, 6.45) is 2.46. The van der Waals surface area contributed by atoms with Gasteiger partial charge >= 0.3 is 0 Å². The third-order valence-corrected chi connectivity index (χ3v) is 3.49. The highest BCUT2D eigenvalue weighted by Crippen LogP contribution is 2.26. The molecule has 0 saturated heterocycles. The van der Waals surface area contributed by atoms with E-state index >= 15 is 0 Å². The Hall–Kier alpha value is -0.620. The van der Waals surface area contributed by atoms with Gasteiger partial charge in [0.2, 0.25) is 0 Å². The van der Waals surface area contributed by atoms with Crippen molar-refractivity contribution >= 4 is 38.1 Å². The van der Waals surface area contributed by atoms with Gasteiger partial charge in [0.15, 0.2) is 0 Å². The van der Waals surface area contributed by atoms with Crippen LogP contribution in [0.1, 0.15) is 6.42 Å². The Morgan fingerprint density at radius 2 is 2.25 bits per heavy atom. The van der Waals surface area contributed by atoms with Crippen molar-refractivity contribution in [2.45, 2.75) is 6.42 Å². The van der Waals surface area contributed by atoms with Gasteiger partial charge in [-0.2, -0.15) is 0 Å². The van der Waals surface area contributed by atoms with E-state index in [0.717, 1.165) is 6.42 Å². The molecule has 1 unspecified atom stereocenters. The fraction of sp³-hybridized carbons (Fsp3) is 0.400. The molecule has 0 heterocycles. The standard InChI is InChI=1S/C10H14BrFN2OS/c1-16(15)4-2-3-14-10-5-7(11)8(12)6-9(10)13/h5-6,14H,2-4,13H2,1H3. The Balaban J connectivity index is 2.54. The van der Waals surface area contributed by atoms with Crippen molar-refractivity contribution in [1.82, 2.24) is 0 Å². The van der Waals surface area contributed by atoms with Crippen molar-refractivity contribution in [3.63, 3.8) is 0 Å². The molecule has 0 radical (unpaired) electrons. The lowest BCUT2D eigenvalue weighted by molar-refractivity contribution is 0.622. The van der Waals surface area contributed by atoms with E-state index in [1.54, 1.807) is 12.3 Å². The number of nitrogen functional groups attached to an aromatic ring is 1. The van der Waals surface area contributed by atoms with E-state index in [2.05, 4.69) is 21.2 Å². The summed E-state index contributed by atoms with van der Waals surface area (Å²) in [5.74, 6) is 0.271. The summed E-state index contributed by atoms with van der Waals surface area (Å²) in [5, 5.41) is 3.08. The number of nitrogens with two attached hydrogens (primary N) is 1. The lowest BCUT2D eigenvalue weighted by atomic mass is 10.2. The fourth-order valence-electron chi connectivity index (χ4n) is 1.21. The van der Waals surface area contributed by atoms with Crippen LogP contribution in [0.25, 0.3) is 0 Å². The first kappa shape index (κ1) is 13.4. The smallest absolute Gasteiger partial charge is 0.139 e. The van der Waals surface area contributed by atoms with Gasteiger partial charge in [0.05, 0.1) is 15.8 Å². The van der Waals surface area contributed by atoms with E-state index in [-0.39, 0.29) is 5.82 Å². The topological polar surface area (TPSA) is 55.1 Å². The minimum absolute atomic E-state index is 0.373. The Morgan fingerprint density at radius 3 is 2.88 bits per heavy atom. The molecule has 1 aromatic carbocycles. The average Bonchev–Trinajstić information content (AvgIpc) is 2.19. The summed E-state index contributed by atoms with van der Waals surface area (Å²) >= 11 is 3.09. The SMILES string of the molecule is CS(=O)CCCNc1cc(Br)c(F)cc1N. The van der Waals surface area contributed by atoms with Crippen LogP contribution in [0.2, 0.25) is 0 Å². The van der Waals surface area contributed by atoms with Crippen LogP contribution < -0.4 is 11.1 Å². The molecule has 1 atom stereocenters. The lowest BCUT2D eigenvalue weighted by Gasteiger charge is -2.09. The van der Waals surface area contributed by atoms with Gasteiger partial charge in [-0.1, -0.05) is 0 Å². The Morgan fingerprint density at radius 1 is 1.56 bits per heavy atom. The second-order valence-corrected chi connectivity index (χ2v) is 5.82. The summed E-state index contributed by atoms with van der Waals surface area (Å²) in [5.41, 5.74) is 6.71. The Kier molecular flexibility index (Phi) is 5.21. The van der Waals surface area contributed by atoms with Crippen molar-refractivity contribution in [3.8, 4) is 0 Å². The molecule has 0 spiro atoms. The molecule has 0 saturated carbocycles. The highest BCUT2D eigenvalue weighted by molar-refractivity contribution is 9.10. The third kappa shape index (κ3) is 4.09. The van der Waals surface area contributed by atoms with Gasteiger partial charge in [-0.05, 0) is 28.4 Å². The predicted octanol–water partition coefficient (Wildman–Crippen LogP) is 2.35. The normalized spacial score (nSPS) is 12.4. The number of hydrogen-bond acceptors (Lipinski definition) is 3. The van der Waals surface area contributed by atoms with Gasteiger partial charge in [-0.3, -0.25) is 4.21 Å². The quantitative estimate of drug-likeness (QED) is 0.648. The summed E-state index contributed by atoms with van der Waals surface area (Å²) in [7, 11) is -0.777. The molecule has 0 amide bonds. The second-order valence-electron chi connectivity index (χ2n) is 3.41. The van der Waals surface area contributed by atoms with Crippen LogP contribution in [0.15, 0.2) is 16.6 Å². The highest BCUT2D eigenvalue weighted by atomic mass is 79.9. The Labute approximate surface area is 105 Å². The molecular weight excluding hydrogens is 295 g/mol. The molecule has 1 aromatic rings. The molecule has 16 heavy (non-hydrogen) atoms. The molecule has 0 fully saturated rings. The zero-order valence-corrected chi connectivity index (χ0v) is 11.3. The summed E-state index contributed by atoms with van der Waals surface area (Å²) in [6, 6.07) is 2.87. The molecule has 0 aliphatic heterocycles. The zero-order valence-electron chi connectivity index (χ0n) is 8.93. The van der Waals surface area contributed by atoms with E-state index in [4.69, 9.17) is 5.73 Å². The number of benzene rings is 1. The third-order valence-electron chi connectivity index (χ3n) is 2.02. The molecule has 3 nitrogen and oxygen atoms in total. The van der Waals surface area contributed by atoms with Crippen LogP contribution in [-0.4, -0.2) is 22.8 Å². The van der Waals surface area contributed by atoms with E-state index in [1.165, 1.54) is 6.07 Å². The number of hydrogen-bond donors (Lipinski definition) is 2. The Bertz CT molecular complexity index is 401. The van der Waals surface area contributed by atoms with Crippen LogP contribution in [0.3, 0.4) is 0 Å². The van der Waals surface area contributed by atoms with Crippen LogP contribution in [0.4, 0.5) is 15.8 Å². The van der Waals surface area contributed by atoms with Crippen LogP contribution in [0.5, 0.6) is 0 Å². The van der Waals surface area contributed by atoms with Gasteiger partial charge in [0.25, 0.3) is 0 Å². The van der Waals surface area contributed by atoms with Crippen molar-refractivity contribution in [1.29, 1.82) is 0 Å². The molecule has 0 aliphatic carbocycles. The van der Waals surface area contributed by atoms with Gasteiger partial charge in [0.1, 0.15) is 5.82 Å². The van der Waals surface area contributed by atoms with E-state index in [9.17, 15) is 8.60 Å². The number of nitrogens with one attached hydrogen (secondary N) is 1. The van der Waals surface area contributed by atoms with Gasteiger partial charge in [0, 0.05) is 35.4 Å².